The van der Waals surface area contributed by atoms with Crippen LogP contribution in [-0.2, 0) is 4.74 Å². The summed E-state index contributed by atoms with van der Waals surface area (Å²) in [5, 5.41) is 0.359. The third-order valence-electron chi connectivity index (χ3n) is 3.21. The number of carbonyl (C=O) groups excluding carboxylic acids is 1. The van der Waals surface area contributed by atoms with Crippen molar-refractivity contribution in [2.24, 2.45) is 0 Å². The van der Waals surface area contributed by atoms with E-state index in [0.29, 0.717) is 22.3 Å². The number of ether oxygens (including phenoxy) is 1. The monoisotopic (exact) mass is 280 g/mol. The Kier molecular flexibility index (Phi) is 3.28. The molecule has 2 aromatic carbocycles. The second kappa shape index (κ2) is 5.25. The lowest BCUT2D eigenvalue weighted by molar-refractivity contribution is 0.0601. The molecule has 104 valence electrons. The third-order valence-corrected chi connectivity index (χ3v) is 3.21. The molecule has 0 spiro atoms. The lowest BCUT2D eigenvalue weighted by Crippen LogP contribution is -2.05. The van der Waals surface area contributed by atoms with Gasteiger partial charge in [0.1, 0.15) is 11.3 Å². The van der Waals surface area contributed by atoms with Gasteiger partial charge in [-0.25, -0.2) is 4.79 Å². The van der Waals surface area contributed by atoms with Crippen LogP contribution in [0.5, 0.6) is 0 Å². The van der Waals surface area contributed by atoms with Gasteiger partial charge in [-0.1, -0.05) is 30.3 Å². The van der Waals surface area contributed by atoms with Crippen LogP contribution in [0.15, 0.2) is 63.8 Å². The van der Waals surface area contributed by atoms with Crippen molar-refractivity contribution in [2.75, 3.05) is 7.11 Å². The van der Waals surface area contributed by atoms with Crippen LogP contribution in [0.4, 0.5) is 0 Å². The zero-order valence-corrected chi connectivity index (χ0v) is 11.3. The summed E-state index contributed by atoms with van der Waals surface area (Å²) in [4.78, 5) is 23.7. The van der Waals surface area contributed by atoms with Gasteiger partial charge < -0.3 is 9.15 Å². The predicted molar refractivity (Wildman–Crippen MR) is 79.3 cm³/mol. The third kappa shape index (κ3) is 2.43. The van der Waals surface area contributed by atoms with Crippen molar-refractivity contribution >= 4 is 16.9 Å². The molecule has 0 saturated heterocycles. The smallest absolute Gasteiger partial charge is 0.337 e. The van der Waals surface area contributed by atoms with Gasteiger partial charge in [0.05, 0.1) is 18.1 Å². The molecule has 0 N–H and O–H groups in total. The van der Waals surface area contributed by atoms with Gasteiger partial charge in [-0.2, -0.15) is 0 Å². The molecule has 3 rings (SSSR count). The van der Waals surface area contributed by atoms with Gasteiger partial charge in [-0.3, -0.25) is 4.79 Å². The number of hydrogen-bond acceptors (Lipinski definition) is 4. The van der Waals surface area contributed by atoms with Crippen LogP contribution in [0.2, 0.25) is 0 Å². The number of esters is 1. The zero-order chi connectivity index (χ0) is 14.8. The summed E-state index contributed by atoms with van der Waals surface area (Å²) in [6.07, 6.45) is 0. The van der Waals surface area contributed by atoms with Gasteiger partial charge in [0, 0.05) is 11.6 Å². The molecule has 0 fully saturated rings. The highest BCUT2D eigenvalue weighted by Gasteiger charge is 2.11. The molecule has 4 heteroatoms. The van der Waals surface area contributed by atoms with Gasteiger partial charge in [-0.05, 0) is 18.2 Å². The number of hydrogen-bond donors (Lipinski definition) is 0. The zero-order valence-electron chi connectivity index (χ0n) is 11.3. The number of carbonyl (C=O) groups is 1. The van der Waals surface area contributed by atoms with E-state index >= 15 is 0 Å². The highest BCUT2D eigenvalue weighted by atomic mass is 16.5. The van der Waals surface area contributed by atoms with E-state index in [0.717, 1.165) is 5.56 Å². The summed E-state index contributed by atoms with van der Waals surface area (Å²) in [6, 6.07) is 15.5. The van der Waals surface area contributed by atoms with Crippen LogP contribution in [-0.4, -0.2) is 13.1 Å². The highest BCUT2D eigenvalue weighted by molar-refractivity contribution is 5.94. The molecule has 0 unspecified atom stereocenters. The summed E-state index contributed by atoms with van der Waals surface area (Å²) in [5.74, 6) is 0.0161. The summed E-state index contributed by atoms with van der Waals surface area (Å²) < 4.78 is 10.4. The van der Waals surface area contributed by atoms with Crippen molar-refractivity contribution in [1.29, 1.82) is 0 Å². The first-order valence-electron chi connectivity index (χ1n) is 6.40. The van der Waals surface area contributed by atoms with E-state index in [9.17, 15) is 9.59 Å². The summed E-state index contributed by atoms with van der Waals surface area (Å²) in [7, 11) is 1.30. The molecular formula is C17H12O4. The largest absolute Gasteiger partial charge is 0.465 e. The van der Waals surface area contributed by atoms with Crippen molar-refractivity contribution < 1.29 is 13.9 Å². The molecule has 0 saturated carbocycles. The second-order valence-electron chi connectivity index (χ2n) is 4.54. The number of rotatable bonds is 2. The Bertz CT molecular complexity index is 863. The minimum atomic E-state index is -0.483. The molecule has 0 aliphatic rings. The summed E-state index contributed by atoms with van der Waals surface area (Å²) in [6.45, 7) is 0. The Labute approximate surface area is 120 Å². The van der Waals surface area contributed by atoms with Gasteiger partial charge in [0.15, 0.2) is 5.43 Å². The standard InChI is InChI=1S/C17H12O4/c1-20-17(19)12-7-8-15-13(9-12)14(18)10-16(21-15)11-5-3-2-4-6-11/h2-10H,1H3. The molecule has 0 amide bonds. The maximum Gasteiger partial charge on any atom is 0.337 e. The average molecular weight is 280 g/mol. The Balaban J connectivity index is 2.18. The first-order chi connectivity index (χ1) is 10.2. The molecule has 21 heavy (non-hydrogen) atoms. The van der Waals surface area contributed by atoms with Crippen molar-refractivity contribution in [3.8, 4) is 11.3 Å². The van der Waals surface area contributed by atoms with E-state index in [-0.39, 0.29) is 5.43 Å². The lowest BCUT2D eigenvalue weighted by Gasteiger charge is -2.04. The first-order valence-corrected chi connectivity index (χ1v) is 6.40. The van der Waals surface area contributed by atoms with E-state index in [1.165, 1.54) is 19.2 Å². The number of methoxy groups -OCH3 is 1. The Hall–Kier alpha value is -2.88. The van der Waals surface area contributed by atoms with Crippen molar-refractivity contribution in [2.45, 2.75) is 0 Å². The van der Waals surface area contributed by atoms with Gasteiger partial charge >= 0.3 is 5.97 Å². The molecule has 1 aromatic heterocycles. The lowest BCUT2D eigenvalue weighted by atomic mass is 10.1. The summed E-state index contributed by atoms with van der Waals surface area (Å²) >= 11 is 0. The average Bonchev–Trinajstić information content (AvgIpc) is 2.54. The van der Waals surface area contributed by atoms with E-state index in [2.05, 4.69) is 4.74 Å². The Morgan fingerprint density at radius 3 is 2.52 bits per heavy atom. The molecule has 0 aliphatic carbocycles. The molecule has 0 bridgehead atoms. The van der Waals surface area contributed by atoms with Crippen molar-refractivity contribution in [3.05, 3.63) is 70.4 Å². The second-order valence-corrected chi connectivity index (χ2v) is 4.54. The molecular weight excluding hydrogens is 268 g/mol. The van der Waals surface area contributed by atoms with Crippen LogP contribution in [0.1, 0.15) is 10.4 Å². The normalized spacial score (nSPS) is 10.5. The maximum absolute atomic E-state index is 12.2. The first kappa shape index (κ1) is 13.1. The fourth-order valence-corrected chi connectivity index (χ4v) is 2.15. The maximum atomic E-state index is 12.2. The van der Waals surface area contributed by atoms with Crippen molar-refractivity contribution in [3.63, 3.8) is 0 Å². The van der Waals surface area contributed by atoms with Gasteiger partial charge in [-0.15, -0.1) is 0 Å². The molecule has 0 atom stereocenters. The van der Waals surface area contributed by atoms with E-state index in [1.807, 2.05) is 30.3 Å². The van der Waals surface area contributed by atoms with Gasteiger partial charge in [0.25, 0.3) is 0 Å². The molecule has 0 aliphatic heterocycles. The fraction of sp³-hybridized carbons (Fsp3) is 0.0588. The number of benzene rings is 2. The van der Waals surface area contributed by atoms with E-state index in [4.69, 9.17) is 4.42 Å². The van der Waals surface area contributed by atoms with Crippen molar-refractivity contribution in [1.82, 2.24) is 0 Å². The fourth-order valence-electron chi connectivity index (χ4n) is 2.15. The van der Waals surface area contributed by atoms with Crippen LogP contribution >= 0.6 is 0 Å². The highest BCUT2D eigenvalue weighted by Crippen LogP contribution is 2.22. The summed E-state index contributed by atoms with van der Waals surface area (Å²) in [5.41, 5.74) is 1.40. The Morgan fingerprint density at radius 1 is 1.05 bits per heavy atom. The molecule has 0 radical (unpaired) electrons. The van der Waals surface area contributed by atoms with Gasteiger partial charge in [0.2, 0.25) is 0 Å². The molecule has 1 heterocycles. The molecule has 4 nitrogen and oxygen atoms in total. The van der Waals surface area contributed by atoms with Crippen LogP contribution in [0.3, 0.4) is 0 Å². The minimum absolute atomic E-state index is 0.194. The van der Waals surface area contributed by atoms with Crippen LogP contribution in [0.25, 0.3) is 22.3 Å². The SMILES string of the molecule is COC(=O)c1ccc2oc(-c3ccccc3)cc(=O)c2c1. The Morgan fingerprint density at radius 2 is 1.81 bits per heavy atom. The quantitative estimate of drug-likeness (QED) is 0.676. The van der Waals surface area contributed by atoms with E-state index < -0.39 is 5.97 Å². The van der Waals surface area contributed by atoms with E-state index in [1.54, 1.807) is 12.1 Å². The van der Waals surface area contributed by atoms with Crippen LogP contribution < -0.4 is 5.43 Å². The minimum Gasteiger partial charge on any atom is -0.465 e. The topological polar surface area (TPSA) is 56.5 Å². The number of fused-ring (bicyclic) bond motifs is 1. The molecule has 3 aromatic rings. The van der Waals surface area contributed by atoms with Crippen LogP contribution in [0, 0.1) is 0 Å². The predicted octanol–water partition coefficient (Wildman–Crippen LogP) is 3.25.